The third-order valence-electron chi connectivity index (χ3n) is 4.80. The average molecular weight is 418 g/mol. The Kier molecular flexibility index (Phi) is 6.53. The molecular formula is C19H22N4O5S. The number of nitrogens with zero attached hydrogens (tertiary/aromatic N) is 1. The lowest BCUT2D eigenvalue weighted by atomic mass is 10.0. The highest BCUT2D eigenvalue weighted by Gasteiger charge is 2.45. The summed E-state index contributed by atoms with van der Waals surface area (Å²) in [5, 5.41) is 8.00. The quantitative estimate of drug-likeness (QED) is 0.274. The number of nitrogens with one attached hydrogen (secondary N) is 3. The molecule has 0 bridgehead atoms. The van der Waals surface area contributed by atoms with Crippen molar-refractivity contribution in [2.45, 2.75) is 31.7 Å². The molecule has 154 valence electrons. The maximum atomic E-state index is 12.9. The number of anilines is 1. The molecule has 2 aliphatic heterocycles. The fourth-order valence-electron chi connectivity index (χ4n) is 3.42. The number of amides is 5. The van der Waals surface area contributed by atoms with Crippen LogP contribution in [0.15, 0.2) is 18.2 Å². The van der Waals surface area contributed by atoms with Crippen LogP contribution in [0.5, 0.6) is 0 Å². The van der Waals surface area contributed by atoms with Gasteiger partial charge in [-0.3, -0.25) is 34.2 Å². The van der Waals surface area contributed by atoms with Crippen molar-refractivity contribution in [3.8, 4) is 0 Å². The third-order valence-corrected chi connectivity index (χ3v) is 5.02. The maximum Gasteiger partial charge on any atom is 0.264 e. The van der Waals surface area contributed by atoms with Gasteiger partial charge in [-0.2, -0.15) is 12.6 Å². The summed E-state index contributed by atoms with van der Waals surface area (Å²) >= 11 is 4.03. The van der Waals surface area contributed by atoms with Crippen LogP contribution in [0.2, 0.25) is 0 Å². The fraction of sp³-hybridized carbons (Fsp3) is 0.421. The van der Waals surface area contributed by atoms with E-state index in [1.54, 1.807) is 12.1 Å². The lowest BCUT2D eigenvalue weighted by Gasteiger charge is -2.27. The summed E-state index contributed by atoms with van der Waals surface area (Å²) in [6.45, 7) is 0.943. The van der Waals surface area contributed by atoms with Crippen LogP contribution in [0.1, 0.15) is 46.4 Å². The molecule has 3 rings (SSSR count). The second kappa shape index (κ2) is 9.08. The molecule has 1 fully saturated rings. The summed E-state index contributed by atoms with van der Waals surface area (Å²) in [4.78, 5) is 61.8. The molecule has 10 heteroatoms. The molecule has 29 heavy (non-hydrogen) atoms. The number of piperidine rings is 1. The van der Waals surface area contributed by atoms with Crippen LogP contribution in [0.3, 0.4) is 0 Å². The molecule has 3 N–H and O–H groups in total. The normalized spacial score (nSPS) is 18.5. The van der Waals surface area contributed by atoms with Crippen molar-refractivity contribution in [1.82, 2.24) is 15.5 Å². The summed E-state index contributed by atoms with van der Waals surface area (Å²) in [5.41, 5.74) is 0.907. The Morgan fingerprint density at radius 2 is 1.97 bits per heavy atom. The van der Waals surface area contributed by atoms with Gasteiger partial charge in [-0.1, -0.05) is 6.07 Å². The van der Waals surface area contributed by atoms with Crippen LogP contribution in [-0.4, -0.2) is 59.3 Å². The molecule has 1 unspecified atom stereocenters. The SMILES string of the molecule is O=C(CCCNc1cccc2c1C(=O)N(C1CCC(=O)NC1=O)C2=O)NCCS. The van der Waals surface area contributed by atoms with Crippen LogP contribution in [0, 0.1) is 0 Å². The number of rotatable bonds is 8. The van der Waals surface area contributed by atoms with Gasteiger partial charge in [0.1, 0.15) is 6.04 Å². The number of carbonyl (C=O) groups excluding carboxylic acids is 5. The standard InChI is InChI=1S/C19H22N4O5S/c24-14(21-9-10-29)5-2-8-20-12-4-1-3-11-16(12)19(28)23(18(11)27)13-6-7-15(25)22-17(13)26/h1,3-4,13,20,29H,2,5-10H2,(H,21,24)(H,22,25,26). The van der Waals surface area contributed by atoms with Crippen molar-refractivity contribution in [3.63, 3.8) is 0 Å². The van der Waals surface area contributed by atoms with E-state index in [2.05, 4.69) is 28.6 Å². The number of fused-ring (bicyclic) bond motifs is 1. The summed E-state index contributed by atoms with van der Waals surface area (Å²) in [5.74, 6) is -1.67. The van der Waals surface area contributed by atoms with Crippen LogP contribution < -0.4 is 16.0 Å². The predicted octanol–water partition coefficient (Wildman–Crippen LogP) is 0.326. The average Bonchev–Trinajstić information content (AvgIpc) is 2.95. The number of carbonyl (C=O) groups is 5. The Balaban J connectivity index is 1.68. The lowest BCUT2D eigenvalue weighted by Crippen LogP contribution is -2.54. The van der Waals surface area contributed by atoms with Crippen LogP contribution in [0.4, 0.5) is 5.69 Å². The molecule has 0 aromatic heterocycles. The number of hydrogen-bond donors (Lipinski definition) is 4. The second-order valence-electron chi connectivity index (χ2n) is 6.78. The summed E-state index contributed by atoms with van der Waals surface area (Å²) < 4.78 is 0. The van der Waals surface area contributed by atoms with Gasteiger partial charge in [0.2, 0.25) is 17.7 Å². The Labute approximate surface area is 173 Å². The number of thiol groups is 1. The zero-order valence-corrected chi connectivity index (χ0v) is 16.6. The van der Waals surface area contributed by atoms with Gasteiger partial charge < -0.3 is 10.6 Å². The van der Waals surface area contributed by atoms with E-state index >= 15 is 0 Å². The molecule has 0 radical (unpaired) electrons. The highest BCUT2D eigenvalue weighted by Crippen LogP contribution is 2.32. The Hall–Kier alpha value is -2.88. The third kappa shape index (κ3) is 4.42. The van der Waals surface area contributed by atoms with Crippen molar-refractivity contribution in [2.24, 2.45) is 0 Å². The van der Waals surface area contributed by atoms with Gasteiger partial charge in [0.05, 0.1) is 11.1 Å². The van der Waals surface area contributed by atoms with Gasteiger partial charge in [0, 0.05) is 37.4 Å². The van der Waals surface area contributed by atoms with Gasteiger partial charge in [-0.15, -0.1) is 0 Å². The van der Waals surface area contributed by atoms with E-state index < -0.39 is 29.7 Å². The highest BCUT2D eigenvalue weighted by molar-refractivity contribution is 7.80. The van der Waals surface area contributed by atoms with Gasteiger partial charge in [-0.05, 0) is 25.0 Å². The van der Waals surface area contributed by atoms with Gasteiger partial charge in [-0.25, -0.2) is 0 Å². The van der Waals surface area contributed by atoms with E-state index in [4.69, 9.17) is 0 Å². The molecule has 1 saturated heterocycles. The first kappa shape index (κ1) is 20.8. The van der Waals surface area contributed by atoms with Crippen LogP contribution >= 0.6 is 12.6 Å². The summed E-state index contributed by atoms with van der Waals surface area (Å²) in [6, 6.07) is 3.87. The van der Waals surface area contributed by atoms with Crippen LogP contribution in [-0.2, 0) is 14.4 Å². The Morgan fingerprint density at radius 3 is 2.69 bits per heavy atom. The zero-order valence-electron chi connectivity index (χ0n) is 15.7. The van der Waals surface area contributed by atoms with E-state index in [0.29, 0.717) is 37.4 Å². The first-order valence-electron chi connectivity index (χ1n) is 9.40. The van der Waals surface area contributed by atoms with Gasteiger partial charge >= 0.3 is 0 Å². The maximum absolute atomic E-state index is 12.9. The van der Waals surface area contributed by atoms with Gasteiger partial charge in [0.25, 0.3) is 11.8 Å². The predicted molar refractivity (Wildman–Crippen MR) is 108 cm³/mol. The van der Waals surface area contributed by atoms with Crippen molar-refractivity contribution >= 4 is 47.9 Å². The van der Waals surface area contributed by atoms with E-state index in [-0.39, 0.29) is 29.9 Å². The molecule has 1 atom stereocenters. The minimum absolute atomic E-state index is 0.0736. The Morgan fingerprint density at radius 1 is 1.17 bits per heavy atom. The zero-order chi connectivity index (χ0) is 21.0. The molecule has 9 nitrogen and oxygen atoms in total. The molecule has 2 heterocycles. The topological polar surface area (TPSA) is 125 Å². The first-order valence-corrected chi connectivity index (χ1v) is 10.0. The minimum Gasteiger partial charge on any atom is -0.384 e. The molecular weight excluding hydrogens is 396 g/mol. The van der Waals surface area contributed by atoms with E-state index in [1.807, 2.05) is 0 Å². The molecule has 5 amide bonds. The first-order chi connectivity index (χ1) is 13.9. The fourth-order valence-corrected chi connectivity index (χ4v) is 3.53. The van der Waals surface area contributed by atoms with E-state index in [1.165, 1.54) is 6.07 Å². The van der Waals surface area contributed by atoms with E-state index in [0.717, 1.165) is 4.90 Å². The molecule has 2 aliphatic rings. The number of imide groups is 2. The highest BCUT2D eigenvalue weighted by atomic mass is 32.1. The molecule has 0 aliphatic carbocycles. The van der Waals surface area contributed by atoms with Gasteiger partial charge in [0.15, 0.2) is 0 Å². The van der Waals surface area contributed by atoms with Crippen molar-refractivity contribution in [2.75, 3.05) is 24.2 Å². The number of hydrogen-bond acceptors (Lipinski definition) is 7. The largest absolute Gasteiger partial charge is 0.384 e. The van der Waals surface area contributed by atoms with Crippen LogP contribution in [0.25, 0.3) is 0 Å². The van der Waals surface area contributed by atoms with E-state index in [9.17, 15) is 24.0 Å². The lowest BCUT2D eigenvalue weighted by molar-refractivity contribution is -0.136. The number of benzene rings is 1. The summed E-state index contributed by atoms with van der Waals surface area (Å²) in [6.07, 6.45) is 1.05. The molecule has 1 aromatic carbocycles. The monoisotopic (exact) mass is 418 g/mol. The molecule has 1 aromatic rings. The Bertz CT molecular complexity index is 872. The summed E-state index contributed by atoms with van der Waals surface area (Å²) in [7, 11) is 0. The minimum atomic E-state index is -0.997. The molecule has 0 spiro atoms. The van der Waals surface area contributed by atoms with Crippen molar-refractivity contribution in [1.29, 1.82) is 0 Å². The van der Waals surface area contributed by atoms with Crippen molar-refractivity contribution < 1.29 is 24.0 Å². The smallest absolute Gasteiger partial charge is 0.264 e. The molecule has 0 saturated carbocycles. The van der Waals surface area contributed by atoms with Crippen molar-refractivity contribution in [3.05, 3.63) is 29.3 Å². The second-order valence-corrected chi connectivity index (χ2v) is 7.23.